The van der Waals surface area contributed by atoms with E-state index in [1.165, 1.54) is 24.6 Å². The normalized spacial score (nSPS) is 14.4. The van der Waals surface area contributed by atoms with Crippen LogP contribution in [0.2, 0.25) is 0 Å². The van der Waals surface area contributed by atoms with Crippen LogP contribution in [0.4, 0.5) is 5.69 Å². The maximum absolute atomic E-state index is 12.6. The summed E-state index contributed by atoms with van der Waals surface area (Å²) >= 11 is 1.45. The number of ether oxygens (including phenoxy) is 1. The van der Waals surface area contributed by atoms with Crippen LogP contribution in [0.1, 0.15) is 38.4 Å². The largest absolute Gasteiger partial charge is 0.457 e. The number of carbonyl (C=O) groups excluding carboxylic acids is 1. The lowest BCUT2D eigenvalue weighted by Crippen LogP contribution is -2.23. The third-order valence-electron chi connectivity index (χ3n) is 4.76. The first kappa shape index (κ1) is 19.5. The Labute approximate surface area is 174 Å². The Kier molecular flexibility index (Phi) is 5.85. The van der Waals surface area contributed by atoms with Crippen LogP contribution in [0.3, 0.4) is 0 Å². The molecule has 2 aromatic carbocycles. The summed E-state index contributed by atoms with van der Waals surface area (Å²) < 4.78 is 7.91. The Morgan fingerprint density at radius 2 is 1.83 bits per heavy atom. The third-order valence-corrected chi connectivity index (χ3v) is 5.84. The van der Waals surface area contributed by atoms with Gasteiger partial charge in [-0.15, -0.1) is 10.2 Å². The van der Waals surface area contributed by atoms with E-state index >= 15 is 0 Å². The molecule has 1 fully saturated rings. The minimum Gasteiger partial charge on any atom is -0.457 e. The van der Waals surface area contributed by atoms with Crippen LogP contribution < -0.4 is 10.1 Å². The van der Waals surface area contributed by atoms with Crippen LogP contribution in [0.15, 0.2) is 59.8 Å². The lowest BCUT2D eigenvalue weighted by Gasteiger charge is -2.13. The molecule has 4 rings (SSSR count). The summed E-state index contributed by atoms with van der Waals surface area (Å²) in [4.78, 5) is 12.6. The van der Waals surface area contributed by atoms with E-state index < -0.39 is 0 Å². The highest BCUT2D eigenvalue weighted by Gasteiger charge is 2.30. The Bertz CT molecular complexity index is 968. The quantitative estimate of drug-likeness (QED) is 0.526. The number of rotatable bonds is 8. The molecular formula is C22H24N4O2S. The van der Waals surface area contributed by atoms with Gasteiger partial charge >= 0.3 is 0 Å². The zero-order valence-electron chi connectivity index (χ0n) is 16.5. The lowest BCUT2D eigenvalue weighted by atomic mass is 10.3. The average molecular weight is 409 g/mol. The van der Waals surface area contributed by atoms with Crippen molar-refractivity contribution in [2.75, 3.05) is 5.32 Å². The van der Waals surface area contributed by atoms with Gasteiger partial charge in [-0.05, 0) is 63.1 Å². The highest BCUT2D eigenvalue weighted by molar-refractivity contribution is 8.00. The number of hydrogen-bond acceptors (Lipinski definition) is 5. The number of amides is 1. The summed E-state index contributed by atoms with van der Waals surface area (Å²) in [6, 6.07) is 17.0. The molecule has 1 saturated carbocycles. The van der Waals surface area contributed by atoms with Gasteiger partial charge in [0.05, 0.1) is 5.25 Å². The van der Waals surface area contributed by atoms with Gasteiger partial charge in [0.25, 0.3) is 0 Å². The second-order valence-corrected chi connectivity index (χ2v) is 8.36. The number of benzene rings is 2. The van der Waals surface area contributed by atoms with Gasteiger partial charge in [-0.25, -0.2) is 0 Å². The summed E-state index contributed by atoms with van der Waals surface area (Å²) in [7, 11) is 0. The van der Waals surface area contributed by atoms with Crippen molar-refractivity contribution >= 4 is 23.4 Å². The predicted octanol–water partition coefficient (Wildman–Crippen LogP) is 5.09. The summed E-state index contributed by atoms with van der Waals surface area (Å²) in [5, 5.41) is 12.1. The van der Waals surface area contributed by atoms with Gasteiger partial charge in [0.15, 0.2) is 5.16 Å². The molecule has 0 spiro atoms. The maximum Gasteiger partial charge on any atom is 0.237 e. The van der Waals surface area contributed by atoms with Gasteiger partial charge in [-0.2, -0.15) is 0 Å². The topological polar surface area (TPSA) is 69.0 Å². The first-order valence-corrected chi connectivity index (χ1v) is 10.8. The lowest BCUT2D eigenvalue weighted by molar-refractivity contribution is -0.115. The van der Waals surface area contributed by atoms with E-state index in [2.05, 4.69) is 27.0 Å². The number of hydrogen-bond donors (Lipinski definition) is 1. The SMILES string of the molecule is CCn1c(S[C@H](C)C(=O)Nc2ccc(Oc3ccccc3)cc2)nnc1C1CC1. The first-order chi connectivity index (χ1) is 14.1. The van der Waals surface area contributed by atoms with Crippen LogP contribution in [0.5, 0.6) is 11.5 Å². The molecule has 0 radical (unpaired) electrons. The first-order valence-electron chi connectivity index (χ1n) is 9.87. The van der Waals surface area contributed by atoms with E-state index in [1.54, 1.807) is 0 Å². The molecule has 1 aromatic heterocycles. The average Bonchev–Trinajstić information content (AvgIpc) is 3.51. The van der Waals surface area contributed by atoms with Crippen molar-refractivity contribution in [1.82, 2.24) is 14.8 Å². The molecular weight excluding hydrogens is 384 g/mol. The van der Waals surface area contributed by atoms with Crippen molar-refractivity contribution in [3.63, 3.8) is 0 Å². The standard InChI is InChI=1S/C22H24N4O2S/c1-3-26-20(16-9-10-16)24-25-22(26)29-15(2)21(27)23-17-11-13-19(14-12-17)28-18-7-5-4-6-8-18/h4-8,11-16H,3,9-10H2,1-2H3,(H,23,27)/t15-/m1/s1. The van der Waals surface area contributed by atoms with Crippen molar-refractivity contribution in [1.29, 1.82) is 0 Å². The number of thioether (sulfide) groups is 1. The van der Waals surface area contributed by atoms with Crippen molar-refractivity contribution in [3.05, 3.63) is 60.4 Å². The van der Waals surface area contributed by atoms with E-state index in [0.29, 0.717) is 5.92 Å². The Balaban J connectivity index is 1.35. The molecule has 1 atom stereocenters. The maximum atomic E-state index is 12.6. The highest BCUT2D eigenvalue weighted by atomic mass is 32.2. The zero-order valence-corrected chi connectivity index (χ0v) is 17.4. The van der Waals surface area contributed by atoms with Gasteiger partial charge in [0.2, 0.25) is 5.91 Å². The molecule has 0 unspecified atom stereocenters. The van der Waals surface area contributed by atoms with Crippen LogP contribution >= 0.6 is 11.8 Å². The number of carbonyl (C=O) groups is 1. The van der Waals surface area contributed by atoms with Crippen molar-refractivity contribution < 1.29 is 9.53 Å². The molecule has 1 aliphatic carbocycles. The minimum atomic E-state index is -0.281. The van der Waals surface area contributed by atoms with Gasteiger partial charge in [-0.1, -0.05) is 30.0 Å². The zero-order chi connectivity index (χ0) is 20.2. The molecule has 1 N–H and O–H groups in total. The molecule has 1 heterocycles. The van der Waals surface area contributed by atoms with Crippen molar-refractivity contribution in [2.24, 2.45) is 0 Å². The summed E-state index contributed by atoms with van der Waals surface area (Å²) in [5.41, 5.74) is 0.735. The van der Waals surface area contributed by atoms with Crippen molar-refractivity contribution in [2.45, 2.75) is 49.6 Å². The summed E-state index contributed by atoms with van der Waals surface area (Å²) in [5.74, 6) is 3.03. The fraction of sp³-hybridized carbons (Fsp3) is 0.318. The van der Waals surface area contributed by atoms with Gasteiger partial charge < -0.3 is 14.6 Å². The molecule has 29 heavy (non-hydrogen) atoms. The molecule has 0 aliphatic heterocycles. The fourth-order valence-corrected chi connectivity index (χ4v) is 3.93. The monoisotopic (exact) mass is 408 g/mol. The Morgan fingerprint density at radius 1 is 1.14 bits per heavy atom. The summed E-state index contributed by atoms with van der Waals surface area (Å²) in [6.07, 6.45) is 2.37. The van der Waals surface area contributed by atoms with E-state index in [0.717, 1.165) is 34.7 Å². The minimum absolute atomic E-state index is 0.0645. The Morgan fingerprint density at radius 3 is 2.48 bits per heavy atom. The second kappa shape index (κ2) is 8.69. The molecule has 3 aromatic rings. The van der Waals surface area contributed by atoms with Gasteiger partial charge in [0, 0.05) is 18.2 Å². The smallest absolute Gasteiger partial charge is 0.237 e. The van der Waals surface area contributed by atoms with Crippen LogP contribution in [-0.4, -0.2) is 25.9 Å². The number of nitrogens with zero attached hydrogens (tertiary/aromatic N) is 3. The molecule has 150 valence electrons. The van der Waals surface area contributed by atoms with Gasteiger partial charge in [0.1, 0.15) is 17.3 Å². The van der Waals surface area contributed by atoms with Crippen LogP contribution in [-0.2, 0) is 11.3 Å². The molecule has 0 saturated heterocycles. The van der Waals surface area contributed by atoms with E-state index in [-0.39, 0.29) is 11.2 Å². The van der Waals surface area contributed by atoms with Gasteiger partial charge in [-0.3, -0.25) is 4.79 Å². The Hall–Kier alpha value is -2.80. The van der Waals surface area contributed by atoms with Crippen molar-refractivity contribution in [3.8, 4) is 11.5 Å². The van der Waals surface area contributed by atoms with E-state index in [1.807, 2.05) is 61.5 Å². The van der Waals surface area contributed by atoms with E-state index in [4.69, 9.17) is 4.74 Å². The molecule has 0 bridgehead atoms. The highest BCUT2D eigenvalue weighted by Crippen LogP contribution is 2.40. The fourth-order valence-electron chi connectivity index (χ4n) is 3.01. The number of aromatic nitrogens is 3. The number of nitrogens with one attached hydrogen (secondary N) is 1. The second-order valence-electron chi connectivity index (χ2n) is 7.05. The van der Waals surface area contributed by atoms with E-state index in [9.17, 15) is 4.79 Å². The molecule has 7 heteroatoms. The molecule has 6 nitrogen and oxygen atoms in total. The molecule has 1 amide bonds. The molecule has 1 aliphatic rings. The third kappa shape index (κ3) is 4.79. The summed E-state index contributed by atoms with van der Waals surface area (Å²) in [6.45, 7) is 4.79. The predicted molar refractivity (Wildman–Crippen MR) is 115 cm³/mol. The van der Waals surface area contributed by atoms with Crippen LogP contribution in [0, 0.1) is 0 Å². The number of para-hydroxylation sites is 1. The number of anilines is 1. The van der Waals surface area contributed by atoms with Crippen LogP contribution in [0.25, 0.3) is 0 Å².